The smallest absolute Gasteiger partial charge is 0.262 e. The fourth-order valence-electron chi connectivity index (χ4n) is 3.35. The van der Waals surface area contributed by atoms with Crippen molar-refractivity contribution in [3.63, 3.8) is 0 Å². The third kappa shape index (κ3) is 3.55. The molecule has 0 unspecified atom stereocenters. The fourth-order valence-corrected chi connectivity index (χ4v) is 3.35. The first-order chi connectivity index (χ1) is 15.1. The maximum absolute atomic E-state index is 12.9. The van der Waals surface area contributed by atoms with Gasteiger partial charge in [0.2, 0.25) is 18.6 Å². The van der Waals surface area contributed by atoms with E-state index < -0.39 is 0 Å². The van der Waals surface area contributed by atoms with E-state index in [9.17, 15) is 9.59 Å². The molecule has 0 fully saturated rings. The summed E-state index contributed by atoms with van der Waals surface area (Å²) in [6.45, 7) is 0.195. The molecule has 2 amide bonds. The molecule has 2 aliphatic heterocycles. The minimum atomic E-state index is -0.335. The fraction of sp³-hybridized carbons (Fsp3) is 0.0870. The maximum atomic E-state index is 12.9. The Bertz CT molecular complexity index is 1240. The molecule has 154 valence electrons. The number of carbonyl (C=O) groups is 2. The largest absolute Gasteiger partial charge is 0.454 e. The van der Waals surface area contributed by atoms with Crippen LogP contribution in [0.1, 0.15) is 15.9 Å². The van der Waals surface area contributed by atoms with Crippen LogP contribution in [0.4, 0.5) is 11.4 Å². The van der Waals surface area contributed by atoms with Crippen molar-refractivity contribution >= 4 is 29.3 Å². The maximum Gasteiger partial charge on any atom is 0.262 e. The molecule has 8 heteroatoms. The van der Waals surface area contributed by atoms with Crippen LogP contribution in [0.5, 0.6) is 23.1 Å². The lowest BCUT2D eigenvalue weighted by Crippen LogP contribution is -2.25. The monoisotopic (exact) mass is 415 g/mol. The van der Waals surface area contributed by atoms with Gasteiger partial charge in [0.05, 0.1) is 5.56 Å². The number of hydrogen-bond acceptors (Lipinski definition) is 6. The zero-order valence-electron chi connectivity index (χ0n) is 16.5. The second kappa shape index (κ2) is 7.49. The van der Waals surface area contributed by atoms with Crippen LogP contribution in [-0.4, -0.2) is 30.6 Å². The van der Waals surface area contributed by atoms with Gasteiger partial charge in [-0.15, -0.1) is 0 Å². The highest BCUT2D eigenvalue weighted by Gasteiger charge is 2.26. The van der Waals surface area contributed by atoms with Crippen LogP contribution in [0.3, 0.4) is 0 Å². The van der Waals surface area contributed by atoms with E-state index in [0.29, 0.717) is 40.1 Å². The van der Waals surface area contributed by atoms with Gasteiger partial charge in [-0.1, -0.05) is 6.07 Å². The van der Waals surface area contributed by atoms with Crippen molar-refractivity contribution in [2.75, 3.05) is 24.1 Å². The van der Waals surface area contributed by atoms with Gasteiger partial charge in [0, 0.05) is 25.0 Å². The van der Waals surface area contributed by atoms with Gasteiger partial charge in [0.25, 0.3) is 5.91 Å². The topological polar surface area (TPSA) is 90.0 Å². The van der Waals surface area contributed by atoms with Crippen molar-refractivity contribution in [1.29, 1.82) is 0 Å². The Hall–Kier alpha value is -4.33. The second-order valence-electron chi connectivity index (χ2n) is 6.94. The quantitative estimate of drug-likeness (QED) is 0.654. The number of pyridine rings is 1. The predicted molar refractivity (Wildman–Crippen MR) is 114 cm³/mol. The van der Waals surface area contributed by atoms with Crippen molar-refractivity contribution in [2.24, 2.45) is 0 Å². The third-order valence-corrected chi connectivity index (χ3v) is 4.92. The zero-order chi connectivity index (χ0) is 21.4. The molecule has 3 heterocycles. The van der Waals surface area contributed by atoms with E-state index in [1.165, 1.54) is 11.0 Å². The molecule has 0 spiro atoms. The minimum Gasteiger partial charge on any atom is -0.454 e. The molecule has 31 heavy (non-hydrogen) atoms. The van der Waals surface area contributed by atoms with Gasteiger partial charge in [-0.25, -0.2) is 4.98 Å². The number of hydrogen-bond donors (Lipinski definition) is 1. The average molecular weight is 415 g/mol. The van der Waals surface area contributed by atoms with Crippen molar-refractivity contribution < 1.29 is 23.8 Å². The molecule has 1 aromatic heterocycles. The number of benzene rings is 2. The molecule has 3 aromatic rings. The van der Waals surface area contributed by atoms with Gasteiger partial charge in [0.15, 0.2) is 11.5 Å². The van der Waals surface area contributed by atoms with E-state index in [-0.39, 0.29) is 18.6 Å². The number of aromatic nitrogens is 1. The normalized spacial score (nSPS) is 14.0. The van der Waals surface area contributed by atoms with Gasteiger partial charge in [-0.05, 0) is 54.1 Å². The molecule has 0 radical (unpaired) electrons. The van der Waals surface area contributed by atoms with Crippen LogP contribution in [0.2, 0.25) is 0 Å². The number of carbonyl (C=O) groups excluding carboxylic acids is 2. The Labute approximate surface area is 177 Å². The van der Waals surface area contributed by atoms with E-state index in [4.69, 9.17) is 14.2 Å². The Balaban J connectivity index is 1.34. The minimum absolute atomic E-state index is 0.195. The van der Waals surface area contributed by atoms with E-state index >= 15 is 0 Å². The molecular weight excluding hydrogens is 398 g/mol. The first-order valence-electron chi connectivity index (χ1n) is 9.52. The first-order valence-corrected chi connectivity index (χ1v) is 9.52. The SMILES string of the molecule is CN1C(=O)c2cc(NC(=O)C=Cc3ccc4c(c3)OCO4)ccc2Oc2ncccc21. The number of fused-ring (bicyclic) bond motifs is 3. The van der Waals surface area contributed by atoms with E-state index in [0.717, 1.165) is 5.56 Å². The summed E-state index contributed by atoms with van der Waals surface area (Å²) in [6.07, 6.45) is 4.68. The van der Waals surface area contributed by atoms with E-state index in [1.807, 2.05) is 6.07 Å². The lowest BCUT2D eigenvalue weighted by molar-refractivity contribution is -0.111. The molecule has 2 aliphatic rings. The summed E-state index contributed by atoms with van der Waals surface area (Å²) < 4.78 is 16.4. The molecule has 5 rings (SSSR count). The van der Waals surface area contributed by atoms with Crippen LogP contribution in [-0.2, 0) is 4.79 Å². The van der Waals surface area contributed by atoms with Crippen LogP contribution in [0.25, 0.3) is 6.08 Å². The molecule has 1 N–H and O–H groups in total. The number of rotatable bonds is 3. The first kappa shape index (κ1) is 18.7. The van der Waals surface area contributed by atoms with E-state index in [1.54, 1.807) is 61.8 Å². The number of anilines is 2. The standard InChI is InChI=1S/C23H17N3O5/c1-26-17-3-2-10-24-22(17)31-18-8-6-15(12-16(18)23(26)28)25-21(27)9-5-14-4-7-19-20(11-14)30-13-29-19/h2-12H,13H2,1H3,(H,25,27). The molecule has 8 nitrogen and oxygen atoms in total. The number of ether oxygens (including phenoxy) is 3. The van der Waals surface area contributed by atoms with Crippen molar-refractivity contribution in [3.05, 3.63) is 71.9 Å². The highest BCUT2D eigenvalue weighted by molar-refractivity contribution is 6.10. The Kier molecular flexibility index (Phi) is 4.51. The van der Waals surface area contributed by atoms with Crippen molar-refractivity contribution in [3.8, 4) is 23.1 Å². The Morgan fingerprint density at radius 2 is 1.94 bits per heavy atom. The van der Waals surface area contributed by atoms with Gasteiger partial charge in [-0.3, -0.25) is 9.59 Å². The van der Waals surface area contributed by atoms with Crippen molar-refractivity contribution in [1.82, 2.24) is 4.98 Å². The second-order valence-corrected chi connectivity index (χ2v) is 6.94. The van der Waals surface area contributed by atoms with Crippen molar-refractivity contribution in [2.45, 2.75) is 0 Å². The lowest BCUT2D eigenvalue weighted by atomic mass is 10.1. The summed E-state index contributed by atoms with van der Waals surface area (Å²) in [7, 11) is 1.65. The molecule has 0 saturated carbocycles. The van der Waals surface area contributed by atoms with E-state index in [2.05, 4.69) is 10.3 Å². The summed E-state index contributed by atoms with van der Waals surface area (Å²) in [5, 5.41) is 2.77. The molecule has 0 atom stereocenters. The lowest BCUT2D eigenvalue weighted by Gasteiger charge is -2.15. The summed E-state index contributed by atoms with van der Waals surface area (Å²) >= 11 is 0. The third-order valence-electron chi connectivity index (χ3n) is 4.92. The average Bonchev–Trinajstić information content (AvgIpc) is 3.22. The van der Waals surface area contributed by atoms with Gasteiger partial charge in [0.1, 0.15) is 11.4 Å². The van der Waals surface area contributed by atoms with Crippen LogP contribution >= 0.6 is 0 Å². The molecular formula is C23H17N3O5. The molecule has 2 aromatic carbocycles. The number of nitrogens with one attached hydrogen (secondary N) is 1. The highest BCUT2D eigenvalue weighted by Crippen LogP contribution is 2.37. The highest BCUT2D eigenvalue weighted by atomic mass is 16.7. The predicted octanol–water partition coefficient (Wildman–Crippen LogP) is 3.84. The Morgan fingerprint density at radius 3 is 2.84 bits per heavy atom. The van der Waals surface area contributed by atoms with Crippen LogP contribution < -0.4 is 24.4 Å². The number of amides is 2. The molecule has 0 aliphatic carbocycles. The zero-order valence-corrected chi connectivity index (χ0v) is 16.5. The van der Waals surface area contributed by atoms with Gasteiger partial charge in [-0.2, -0.15) is 0 Å². The molecule has 0 bridgehead atoms. The number of nitrogens with zero attached hydrogens (tertiary/aromatic N) is 2. The van der Waals surface area contributed by atoms with Crippen LogP contribution in [0, 0.1) is 0 Å². The van der Waals surface area contributed by atoms with Gasteiger partial charge < -0.3 is 24.4 Å². The summed E-state index contributed by atoms with van der Waals surface area (Å²) in [4.78, 5) is 31.0. The van der Waals surface area contributed by atoms with Crippen LogP contribution in [0.15, 0.2) is 60.8 Å². The summed E-state index contributed by atoms with van der Waals surface area (Å²) in [6, 6.07) is 13.8. The summed E-state index contributed by atoms with van der Waals surface area (Å²) in [5.41, 5.74) is 2.18. The molecule has 0 saturated heterocycles. The van der Waals surface area contributed by atoms with Gasteiger partial charge >= 0.3 is 0 Å². The summed E-state index contributed by atoms with van der Waals surface area (Å²) in [5.74, 6) is 1.46. The Morgan fingerprint density at radius 1 is 1.10 bits per heavy atom.